The normalized spacial score (nSPS) is 18.2. The number of ether oxygens (including phenoxy) is 1. The lowest BCUT2D eigenvalue weighted by atomic mass is 10.0. The van der Waals surface area contributed by atoms with Gasteiger partial charge in [-0.25, -0.2) is 4.99 Å². The third-order valence-electron chi connectivity index (χ3n) is 3.93. The van der Waals surface area contributed by atoms with Gasteiger partial charge >= 0.3 is 0 Å². The number of nitrogens with zero attached hydrogens (tertiary/aromatic N) is 2. The summed E-state index contributed by atoms with van der Waals surface area (Å²) in [6.07, 6.45) is 9.29. The molecule has 0 saturated heterocycles. The number of para-hydroxylation sites is 2. The molecule has 1 unspecified atom stereocenters. The molecular formula is C20H21BrN2O. The quantitative estimate of drug-likeness (QED) is 0.651. The van der Waals surface area contributed by atoms with E-state index < -0.39 is 0 Å². The Labute approximate surface area is 151 Å². The predicted molar refractivity (Wildman–Crippen MR) is 105 cm³/mol. The SMILES string of the molecule is C=C1C2=CC=CCC=C2N=C(C(C)Br)N1c1ccccc1OCC. The van der Waals surface area contributed by atoms with Crippen molar-refractivity contribution in [3.8, 4) is 5.75 Å². The van der Waals surface area contributed by atoms with Crippen LogP contribution in [0.4, 0.5) is 5.69 Å². The molecule has 124 valence electrons. The average Bonchev–Trinajstić information content (AvgIpc) is 2.81. The van der Waals surface area contributed by atoms with E-state index in [1.165, 1.54) is 0 Å². The number of anilines is 1. The van der Waals surface area contributed by atoms with E-state index in [1.807, 2.05) is 31.2 Å². The van der Waals surface area contributed by atoms with Gasteiger partial charge in [0.05, 0.1) is 22.8 Å². The summed E-state index contributed by atoms with van der Waals surface area (Å²) < 4.78 is 5.83. The summed E-state index contributed by atoms with van der Waals surface area (Å²) in [7, 11) is 0. The highest BCUT2D eigenvalue weighted by atomic mass is 79.9. The van der Waals surface area contributed by atoms with Crippen LogP contribution in [0.3, 0.4) is 0 Å². The van der Waals surface area contributed by atoms with Crippen LogP contribution in [0.5, 0.6) is 5.75 Å². The van der Waals surface area contributed by atoms with Gasteiger partial charge in [-0.05, 0) is 32.4 Å². The lowest BCUT2D eigenvalue weighted by Crippen LogP contribution is -2.38. The van der Waals surface area contributed by atoms with Crippen molar-refractivity contribution in [2.75, 3.05) is 11.5 Å². The summed E-state index contributed by atoms with van der Waals surface area (Å²) in [5.74, 6) is 1.75. The largest absolute Gasteiger partial charge is 0.492 e. The van der Waals surface area contributed by atoms with E-state index in [0.717, 1.165) is 40.7 Å². The van der Waals surface area contributed by atoms with Gasteiger partial charge in [0, 0.05) is 11.3 Å². The van der Waals surface area contributed by atoms with Crippen LogP contribution >= 0.6 is 15.9 Å². The van der Waals surface area contributed by atoms with Gasteiger partial charge in [-0.3, -0.25) is 4.90 Å². The van der Waals surface area contributed by atoms with E-state index >= 15 is 0 Å². The Morgan fingerprint density at radius 2 is 2.17 bits per heavy atom. The lowest BCUT2D eigenvalue weighted by Gasteiger charge is -2.35. The van der Waals surface area contributed by atoms with Crippen LogP contribution in [0, 0.1) is 0 Å². The number of fused-ring (bicyclic) bond motifs is 1. The highest BCUT2D eigenvalue weighted by molar-refractivity contribution is 9.10. The smallest absolute Gasteiger partial charge is 0.143 e. The van der Waals surface area contributed by atoms with Crippen LogP contribution in [-0.4, -0.2) is 17.3 Å². The Morgan fingerprint density at radius 3 is 2.92 bits per heavy atom. The zero-order chi connectivity index (χ0) is 17.1. The van der Waals surface area contributed by atoms with Crippen LogP contribution in [-0.2, 0) is 0 Å². The van der Waals surface area contributed by atoms with Crippen molar-refractivity contribution in [3.05, 3.63) is 72.1 Å². The van der Waals surface area contributed by atoms with E-state index in [9.17, 15) is 0 Å². The van der Waals surface area contributed by atoms with Crippen LogP contribution in [0.1, 0.15) is 20.3 Å². The zero-order valence-corrected chi connectivity index (χ0v) is 15.6. The predicted octanol–water partition coefficient (Wildman–Crippen LogP) is 5.37. The Kier molecular flexibility index (Phi) is 5.05. The van der Waals surface area contributed by atoms with Crippen LogP contribution in [0.15, 0.2) is 77.1 Å². The van der Waals surface area contributed by atoms with Gasteiger partial charge in [0.2, 0.25) is 0 Å². The van der Waals surface area contributed by atoms with Crippen LogP contribution in [0.25, 0.3) is 0 Å². The molecule has 24 heavy (non-hydrogen) atoms. The van der Waals surface area contributed by atoms with E-state index in [2.05, 4.69) is 58.6 Å². The van der Waals surface area contributed by atoms with Crippen molar-refractivity contribution >= 4 is 27.5 Å². The average molecular weight is 385 g/mol. The molecule has 3 nitrogen and oxygen atoms in total. The van der Waals surface area contributed by atoms with Crippen molar-refractivity contribution in [2.24, 2.45) is 4.99 Å². The highest BCUT2D eigenvalue weighted by Crippen LogP contribution is 2.39. The molecule has 0 saturated carbocycles. The topological polar surface area (TPSA) is 24.8 Å². The molecule has 0 fully saturated rings. The van der Waals surface area contributed by atoms with E-state index in [-0.39, 0.29) is 4.83 Å². The maximum Gasteiger partial charge on any atom is 0.143 e. The van der Waals surface area contributed by atoms with Gasteiger partial charge < -0.3 is 4.74 Å². The summed E-state index contributed by atoms with van der Waals surface area (Å²) >= 11 is 3.68. The fraction of sp³-hybridized carbons (Fsp3) is 0.250. The second-order valence-electron chi connectivity index (χ2n) is 5.60. The fourth-order valence-corrected chi connectivity index (χ4v) is 3.16. The van der Waals surface area contributed by atoms with Crippen molar-refractivity contribution in [2.45, 2.75) is 25.1 Å². The number of hydrogen-bond donors (Lipinski definition) is 0. The first-order chi connectivity index (χ1) is 11.6. The first-order valence-corrected chi connectivity index (χ1v) is 9.06. The minimum Gasteiger partial charge on any atom is -0.492 e. The maximum absolute atomic E-state index is 5.83. The molecule has 3 rings (SSSR count). The number of alkyl halides is 1. The van der Waals surface area contributed by atoms with Gasteiger partial charge in [-0.15, -0.1) is 0 Å². The summed E-state index contributed by atoms with van der Waals surface area (Å²) in [5.41, 5.74) is 3.90. The number of hydrogen-bond acceptors (Lipinski definition) is 3. The number of aliphatic imine (C=N–C) groups is 1. The number of amidine groups is 1. The van der Waals surface area contributed by atoms with Crippen LogP contribution < -0.4 is 9.64 Å². The summed E-state index contributed by atoms with van der Waals surface area (Å²) in [6.45, 7) is 9.04. The maximum atomic E-state index is 5.83. The highest BCUT2D eigenvalue weighted by Gasteiger charge is 2.30. The third-order valence-corrected chi connectivity index (χ3v) is 4.34. The summed E-state index contributed by atoms with van der Waals surface area (Å²) in [4.78, 5) is 7.08. The molecule has 0 amide bonds. The second kappa shape index (κ2) is 7.22. The lowest BCUT2D eigenvalue weighted by molar-refractivity contribution is 0.341. The second-order valence-corrected chi connectivity index (χ2v) is 6.98. The molecule has 0 aromatic heterocycles. The van der Waals surface area contributed by atoms with Gasteiger partial charge in [-0.1, -0.05) is 58.9 Å². The number of allylic oxidation sites excluding steroid dienone is 4. The van der Waals surface area contributed by atoms with Crippen molar-refractivity contribution in [3.63, 3.8) is 0 Å². The summed E-state index contributed by atoms with van der Waals surface area (Å²) in [6, 6.07) is 8.02. The van der Waals surface area contributed by atoms with Crippen molar-refractivity contribution < 1.29 is 4.74 Å². The van der Waals surface area contributed by atoms with Crippen molar-refractivity contribution in [1.82, 2.24) is 0 Å². The van der Waals surface area contributed by atoms with Crippen LogP contribution in [0.2, 0.25) is 0 Å². The number of benzene rings is 1. The fourth-order valence-electron chi connectivity index (χ4n) is 2.85. The molecule has 1 aliphatic heterocycles. The Hall–Kier alpha value is -2.07. The van der Waals surface area contributed by atoms with E-state index in [0.29, 0.717) is 6.61 Å². The molecule has 1 aromatic carbocycles. The van der Waals surface area contributed by atoms with Crippen molar-refractivity contribution in [1.29, 1.82) is 0 Å². The Bertz CT molecular complexity index is 772. The first-order valence-electron chi connectivity index (χ1n) is 8.14. The Morgan fingerprint density at radius 1 is 1.38 bits per heavy atom. The molecule has 0 bridgehead atoms. The number of halogens is 1. The molecule has 0 spiro atoms. The standard InChI is InChI=1S/C20H21BrN2O/c1-4-24-19-13-9-8-12-18(19)23-15(3)16-10-6-5-7-11-17(16)22-20(23)14(2)21/h5-6,8-14H,3-4,7H2,1-2H3. The third kappa shape index (κ3) is 3.11. The zero-order valence-electron chi connectivity index (χ0n) is 14.0. The number of rotatable bonds is 4. The molecule has 4 heteroatoms. The van der Waals surface area contributed by atoms with Gasteiger partial charge in [-0.2, -0.15) is 0 Å². The molecule has 2 aliphatic rings. The molecule has 1 atom stereocenters. The molecule has 0 N–H and O–H groups in total. The Balaban J connectivity index is 2.17. The van der Waals surface area contributed by atoms with Gasteiger partial charge in [0.25, 0.3) is 0 Å². The molecule has 1 aromatic rings. The van der Waals surface area contributed by atoms with E-state index in [1.54, 1.807) is 0 Å². The van der Waals surface area contributed by atoms with E-state index in [4.69, 9.17) is 9.73 Å². The summed E-state index contributed by atoms with van der Waals surface area (Å²) in [5, 5.41) is 0. The first kappa shape index (κ1) is 16.8. The molecular weight excluding hydrogens is 364 g/mol. The molecule has 1 heterocycles. The monoisotopic (exact) mass is 384 g/mol. The van der Waals surface area contributed by atoms with Gasteiger partial charge in [0.15, 0.2) is 0 Å². The molecule has 1 aliphatic carbocycles. The van der Waals surface area contributed by atoms with Gasteiger partial charge in [0.1, 0.15) is 11.6 Å². The minimum atomic E-state index is 0.0857. The molecule has 0 radical (unpaired) electrons. The minimum absolute atomic E-state index is 0.0857.